The van der Waals surface area contributed by atoms with Crippen LogP contribution in [0, 0.1) is 10.1 Å². The SMILES string of the molecule is CCOc1ccc(-n2c(SCC(=O)N/N=C(\C)c3ccc([N+](=O)[O-])cc3)nnc2-c2ccccc2)cc1. The Hall–Kier alpha value is -4.51. The molecule has 37 heavy (non-hydrogen) atoms. The molecule has 11 heteroatoms. The topological polar surface area (TPSA) is 125 Å². The number of ether oxygens (including phenoxy) is 1. The van der Waals surface area contributed by atoms with Gasteiger partial charge in [-0.3, -0.25) is 19.5 Å². The average Bonchev–Trinajstić information content (AvgIpc) is 3.35. The maximum absolute atomic E-state index is 12.5. The molecule has 0 unspecified atom stereocenters. The fourth-order valence-corrected chi connectivity index (χ4v) is 4.17. The molecule has 0 saturated heterocycles. The van der Waals surface area contributed by atoms with Gasteiger partial charge >= 0.3 is 0 Å². The van der Waals surface area contributed by atoms with Crippen LogP contribution in [-0.4, -0.2) is 43.7 Å². The van der Waals surface area contributed by atoms with E-state index in [2.05, 4.69) is 20.7 Å². The van der Waals surface area contributed by atoms with Crippen molar-refractivity contribution in [2.45, 2.75) is 19.0 Å². The number of aromatic nitrogens is 3. The van der Waals surface area contributed by atoms with Gasteiger partial charge in [-0.25, -0.2) is 5.43 Å². The molecule has 0 saturated carbocycles. The Balaban J connectivity index is 1.49. The van der Waals surface area contributed by atoms with Gasteiger partial charge in [0, 0.05) is 23.4 Å². The number of hydrogen-bond acceptors (Lipinski definition) is 8. The van der Waals surface area contributed by atoms with Gasteiger partial charge in [-0.1, -0.05) is 42.1 Å². The summed E-state index contributed by atoms with van der Waals surface area (Å²) in [5.74, 6) is 1.14. The summed E-state index contributed by atoms with van der Waals surface area (Å²) in [5, 5.41) is 24.2. The predicted octanol–water partition coefficient (Wildman–Crippen LogP) is 4.87. The van der Waals surface area contributed by atoms with Crippen molar-refractivity contribution in [1.29, 1.82) is 0 Å². The molecule has 1 heterocycles. The molecule has 1 N–H and O–H groups in total. The third-order valence-electron chi connectivity index (χ3n) is 5.25. The molecule has 0 fully saturated rings. The number of rotatable bonds is 10. The third kappa shape index (κ3) is 6.39. The van der Waals surface area contributed by atoms with Crippen molar-refractivity contribution in [3.8, 4) is 22.8 Å². The number of thioether (sulfide) groups is 1. The standard InChI is InChI=1S/C26H24N6O4S/c1-3-36-23-15-13-21(14-16-23)31-25(20-7-5-4-6-8-20)29-30-26(31)37-17-24(33)28-27-18(2)19-9-11-22(12-10-19)32(34)35/h4-16H,3,17H2,1-2H3,(H,28,33)/b27-18+. The summed E-state index contributed by atoms with van der Waals surface area (Å²) in [5.41, 5.74) is 5.44. The first-order valence-corrected chi connectivity index (χ1v) is 12.4. The molecule has 188 valence electrons. The monoisotopic (exact) mass is 516 g/mol. The molecule has 4 aromatic rings. The fraction of sp³-hybridized carbons (Fsp3) is 0.154. The van der Waals surface area contributed by atoms with Gasteiger partial charge in [0.15, 0.2) is 11.0 Å². The van der Waals surface area contributed by atoms with Crippen LogP contribution in [0.5, 0.6) is 5.75 Å². The van der Waals surface area contributed by atoms with Crippen LogP contribution in [0.3, 0.4) is 0 Å². The van der Waals surface area contributed by atoms with Gasteiger partial charge in [-0.2, -0.15) is 5.10 Å². The zero-order chi connectivity index (χ0) is 26.2. The molecule has 4 rings (SSSR count). The van der Waals surface area contributed by atoms with Crippen molar-refractivity contribution in [2.75, 3.05) is 12.4 Å². The van der Waals surface area contributed by atoms with E-state index in [4.69, 9.17) is 4.74 Å². The van der Waals surface area contributed by atoms with Crippen molar-refractivity contribution in [3.05, 3.63) is 94.5 Å². The number of carbonyl (C=O) groups excluding carboxylic acids is 1. The van der Waals surface area contributed by atoms with E-state index in [0.29, 0.717) is 28.9 Å². The van der Waals surface area contributed by atoms with Crippen molar-refractivity contribution in [2.24, 2.45) is 5.10 Å². The van der Waals surface area contributed by atoms with Crippen LogP contribution in [0.15, 0.2) is 89.1 Å². The quantitative estimate of drug-likeness (QED) is 0.138. The minimum atomic E-state index is -0.468. The van der Waals surface area contributed by atoms with Crippen LogP contribution in [0.2, 0.25) is 0 Å². The third-order valence-corrected chi connectivity index (χ3v) is 6.18. The number of hydrazone groups is 1. The highest BCUT2D eigenvalue weighted by atomic mass is 32.2. The number of nitrogens with one attached hydrogen (secondary N) is 1. The zero-order valence-corrected chi connectivity index (χ0v) is 21.0. The number of hydrogen-bond donors (Lipinski definition) is 1. The molecular formula is C26H24N6O4S. The van der Waals surface area contributed by atoms with Crippen molar-refractivity contribution < 1.29 is 14.5 Å². The summed E-state index contributed by atoms with van der Waals surface area (Å²) in [4.78, 5) is 22.9. The second-order valence-electron chi connectivity index (χ2n) is 7.76. The van der Waals surface area contributed by atoms with E-state index in [1.807, 2.05) is 66.1 Å². The largest absolute Gasteiger partial charge is 0.494 e. The number of nitrogens with zero attached hydrogens (tertiary/aromatic N) is 5. The Labute approximate surface area is 217 Å². The van der Waals surface area contributed by atoms with Crippen molar-refractivity contribution in [1.82, 2.24) is 20.2 Å². The first-order valence-electron chi connectivity index (χ1n) is 11.4. The van der Waals surface area contributed by atoms with Gasteiger partial charge < -0.3 is 4.74 Å². The van der Waals surface area contributed by atoms with E-state index < -0.39 is 4.92 Å². The number of carbonyl (C=O) groups is 1. The lowest BCUT2D eigenvalue weighted by atomic mass is 10.1. The molecule has 0 aliphatic heterocycles. The predicted molar refractivity (Wildman–Crippen MR) is 142 cm³/mol. The van der Waals surface area contributed by atoms with E-state index in [-0.39, 0.29) is 17.3 Å². The summed E-state index contributed by atoms with van der Waals surface area (Å²) >= 11 is 1.23. The molecular weight excluding hydrogens is 492 g/mol. The molecule has 1 amide bonds. The number of benzene rings is 3. The second kappa shape index (κ2) is 12.0. The van der Waals surface area contributed by atoms with Crippen molar-refractivity contribution in [3.63, 3.8) is 0 Å². The Kier molecular flexibility index (Phi) is 8.26. The average molecular weight is 517 g/mol. The summed E-state index contributed by atoms with van der Waals surface area (Å²) in [6, 6.07) is 23.2. The smallest absolute Gasteiger partial charge is 0.269 e. The molecule has 0 radical (unpaired) electrons. The highest BCUT2D eigenvalue weighted by molar-refractivity contribution is 7.99. The van der Waals surface area contributed by atoms with Gasteiger partial charge in [0.2, 0.25) is 0 Å². The minimum Gasteiger partial charge on any atom is -0.494 e. The van der Waals surface area contributed by atoms with Gasteiger partial charge in [0.25, 0.3) is 11.6 Å². The van der Waals surface area contributed by atoms with Gasteiger partial charge in [0.1, 0.15) is 5.75 Å². The first kappa shape index (κ1) is 25.6. The Bertz CT molecular complexity index is 1400. The Morgan fingerprint density at radius 2 is 1.76 bits per heavy atom. The molecule has 0 bridgehead atoms. The number of nitro benzene ring substituents is 1. The molecule has 0 aliphatic carbocycles. The zero-order valence-electron chi connectivity index (χ0n) is 20.2. The van der Waals surface area contributed by atoms with Crippen LogP contribution in [-0.2, 0) is 4.79 Å². The van der Waals surface area contributed by atoms with Crippen LogP contribution in [0.1, 0.15) is 19.4 Å². The highest BCUT2D eigenvalue weighted by Crippen LogP contribution is 2.28. The maximum atomic E-state index is 12.5. The fourth-order valence-electron chi connectivity index (χ4n) is 3.43. The van der Waals surface area contributed by atoms with Crippen LogP contribution in [0.25, 0.3) is 17.1 Å². The van der Waals surface area contributed by atoms with Crippen LogP contribution < -0.4 is 10.2 Å². The van der Waals surface area contributed by atoms with Gasteiger partial charge in [-0.15, -0.1) is 10.2 Å². The van der Waals surface area contributed by atoms with E-state index in [0.717, 1.165) is 17.0 Å². The lowest BCUT2D eigenvalue weighted by molar-refractivity contribution is -0.384. The molecule has 3 aromatic carbocycles. The summed E-state index contributed by atoms with van der Waals surface area (Å²) in [7, 11) is 0. The normalized spacial score (nSPS) is 11.2. The van der Waals surface area contributed by atoms with E-state index in [1.54, 1.807) is 19.1 Å². The molecule has 10 nitrogen and oxygen atoms in total. The van der Waals surface area contributed by atoms with Gasteiger partial charge in [-0.05, 0) is 55.8 Å². The Morgan fingerprint density at radius 1 is 1.05 bits per heavy atom. The minimum absolute atomic E-state index is 0.0106. The summed E-state index contributed by atoms with van der Waals surface area (Å²) in [6.07, 6.45) is 0. The summed E-state index contributed by atoms with van der Waals surface area (Å²) < 4.78 is 7.45. The molecule has 0 atom stereocenters. The molecule has 0 aliphatic rings. The number of nitro groups is 1. The van der Waals surface area contributed by atoms with Crippen LogP contribution >= 0.6 is 11.8 Å². The lowest BCUT2D eigenvalue weighted by Gasteiger charge is -2.11. The van der Waals surface area contributed by atoms with E-state index in [1.165, 1.54) is 23.9 Å². The van der Waals surface area contributed by atoms with E-state index >= 15 is 0 Å². The Morgan fingerprint density at radius 3 is 2.41 bits per heavy atom. The van der Waals surface area contributed by atoms with Crippen molar-refractivity contribution >= 4 is 29.1 Å². The summed E-state index contributed by atoms with van der Waals surface area (Å²) in [6.45, 7) is 4.21. The number of amides is 1. The lowest BCUT2D eigenvalue weighted by Crippen LogP contribution is -2.21. The molecule has 1 aromatic heterocycles. The molecule has 0 spiro atoms. The van der Waals surface area contributed by atoms with Gasteiger partial charge in [0.05, 0.1) is 23.0 Å². The number of non-ortho nitro benzene ring substituents is 1. The van der Waals surface area contributed by atoms with Crippen LogP contribution in [0.4, 0.5) is 5.69 Å². The maximum Gasteiger partial charge on any atom is 0.269 e. The first-order chi connectivity index (χ1) is 18.0. The second-order valence-corrected chi connectivity index (χ2v) is 8.70. The van der Waals surface area contributed by atoms with E-state index in [9.17, 15) is 14.9 Å². The highest BCUT2D eigenvalue weighted by Gasteiger charge is 2.17.